The van der Waals surface area contributed by atoms with E-state index in [1.54, 1.807) is 4.98 Å². The molecule has 1 aromatic rings. The van der Waals surface area contributed by atoms with Gasteiger partial charge in [-0.3, -0.25) is 19.7 Å². The lowest BCUT2D eigenvalue weighted by molar-refractivity contribution is -0.386. The summed E-state index contributed by atoms with van der Waals surface area (Å²) in [5, 5.41) is 9.03. The molecular formula is C7H3ClF2N2O4. The van der Waals surface area contributed by atoms with E-state index in [1.165, 1.54) is 0 Å². The Balaban J connectivity index is 3.67. The maximum Gasteiger partial charge on any atom is 0.286 e. The maximum absolute atomic E-state index is 12.5. The molecule has 0 aliphatic heterocycles. The van der Waals surface area contributed by atoms with Crippen molar-refractivity contribution < 1.29 is 18.5 Å². The van der Waals surface area contributed by atoms with Crippen molar-refractivity contribution in [2.24, 2.45) is 0 Å². The summed E-state index contributed by atoms with van der Waals surface area (Å²) in [4.78, 5) is 32.6. The summed E-state index contributed by atoms with van der Waals surface area (Å²) < 4.78 is 25.0. The summed E-state index contributed by atoms with van der Waals surface area (Å²) in [6.45, 7) is 0. The van der Waals surface area contributed by atoms with Gasteiger partial charge < -0.3 is 4.98 Å². The Morgan fingerprint density at radius 1 is 1.56 bits per heavy atom. The van der Waals surface area contributed by atoms with Gasteiger partial charge >= 0.3 is 0 Å². The molecule has 0 radical (unpaired) electrons. The minimum atomic E-state index is -3.30. The number of nitrogens with one attached hydrogen (secondary N) is 1. The number of nitrogens with zero attached hydrogens (tertiary/aromatic N) is 1. The van der Waals surface area contributed by atoms with Crippen molar-refractivity contribution in [3.8, 4) is 0 Å². The van der Waals surface area contributed by atoms with Crippen molar-refractivity contribution in [2.45, 2.75) is 6.43 Å². The molecule has 1 aromatic heterocycles. The fraction of sp³-hybridized carbons (Fsp3) is 0.143. The van der Waals surface area contributed by atoms with Gasteiger partial charge in [0.15, 0.2) is 0 Å². The fourth-order valence-electron chi connectivity index (χ4n) is 1.08. The Morgan fingerprint density at radius 3 is 2.50 bits per heavy atom. The van der Waals surface area contributed by atoms with Crippen molar-refractivity contribution in [1.82, 2.24) is 4.98 Å². The third-order valence-corrected chi connectivity index (χ3v) is 1.86. The van der Waals surface area contributed by atoms with Crippen LogP contribution in [0.3, 0.4) is 0 Å². The third-order valence-electron chi connectivity index (χ3n) is 1.67. The number of hydrogen-bond acceptors (Lipinski definition) is 4. The van der Waals surface area contributed by atoms with E-state index in [9.17, 15) is 28.5 Å². The van der Waals surface area contributed by atoms with Crippen molar-refractivity contribution in [2.75, 3.05) is 0 Å². The number of alkyl halides is 2. The average Bonchev–Trinajstić information content (AvgIpc) is 2.15. The van der Waals surface area contributed by atoms with Crippen molar-refractivity contribution in [1.29, 1.82) is 0 Å². The number of pyridine rings is 1. The predicted molar refractivity (Wildman–Crippen MR) is 48.9 cm³/mol. The molecule has 0 unspecified atom stereocenters. The molecule has 0 aliphatic carbocycles. The number of halogens is 3. The van der Waals surface area contributed by atoms with E-state index in [0.29, 0.717) is 6.07 Å². The lowest BCUT2D eigenvalue weighted by Crippen LogP contribution is -2.15. The van der Waals surface area contributed by atoms with Gasteiger partial charge in [-0.2, -0.15) is 0 Å². The van der Waals surface area contributed by atoms with Gasteiger partial charge in [-0.1, -0.05) is 0 Å². The Bertz CT molecular complexity index is 475. The quantitative estimate of drug-likeness (QED) is 0.502. The SMILES string of the molecule is O=C(Cl)c1[nH]c(=O)cc([N+](=O)[O-])c1C(F)F. The topological polar surface area (TPSA) is 93.1 Å². The molecular weight excluding hydrogens is 250 g/mol. The number of aromatic nitrogens is 1. The zero-order valence-electron chi connectivity index (χ0n) is 7.37. The van der Waals surface area contributed by atoms with Gasteiger partial charge in [0.1, 0.15) is 11.3 Å². The van der Waals surface area contributed by atoms with Gasteiger partial charge in [-0.25, -0.2) is 8.78 Å². The Hall–Kier alpha value is -1.83. The van der Waals surface area contributed by atoms with E-state index in [0.717, 1.165) is 0 Å². The molecule has 1 rings (SSSR count). The largest absolute Gasteiger partial charge is 0.318 e. The third kappa shape index (κ3) is 2.22. The second-order valence-corrected chi connectivity index (χ2v) is 2.98. The summed E-state index contributed by atoms with van der Waals surface area (Å²) in [7, 11) is 0. The summed E-state index contributed by atoms with van der Waals surface area (Å²) in [6, 6.07) is 0.366. The van der Waals surface area contributed by atoms with Crippen molar-refractivity contribution in [3.63, 3.8) is 0 Å². The highest BCUT2D eigenvalue weighted by Crippen LogP contribution is 2.30. The first kappa shape index (κ1) is 12.2. The Morgan fingerprint density at radius 2 is 2.12 bits per heavy atom. The van der Waals surface area contributed by atoms with E-state index in [4.69, 9.17) is 11.6 Å². The molecule has 0 atom stereocenters. The number of H-pyrrole nitrogens is 1. The van der Waals surface area contributed by atoms with Crippen LogP contribution < -0.4 is 5.56 Å². The summed E-state index contributed by atoms with van der Waals surface area (Å²) >= 11 is 4.94. The lowest BCUT2D eigenvalue weighted by atomic mass is 10.1. The molecule has 6 nitrogen and oxygen atoms in total. The second kappa shape index (κ2) is 4.35. The zero-order valence-corrected chi connectivity index (χ0v) is 8.12. The van der Waals surface area contributed by atoms with Crippen LogP contribution in [0.4, 0.5) is 14.5 Å². The number of nitro groups is 1. The van der Waals surface area contributed by atoms with Crippen molar-refractivity contribution >= 4 is 22.5 Å². The van der Waals surface area contributed by atoms with Crippen molar-refractivity contribution in [3.05, 3.63) is 37.8 Å². The molecule has 86 valence electrons. The van der Waals surface area contributed by atoms with Gasteiger partial charge in [-0.15, -0.1) is 0 Å². The molecule has 0 spiro atoms. The fourth-order valence-corrected chi connectivity index (χ4v) is 1.23. The molecule has 0 saturated carbocycles. The second-order valence-electron chi connectivity index (χ2n) is 2.64. The number of carbonyl (C=O) groups excluding carboxylic acids is 1. The maximum atomic E-state index is 12.5. The van der Waals surface area contributed by atoms with E-state index in [2.05, 4.69) is 0 Å². The van der Waals surface area contributed by atoms with Gasteiger partial charge in [0, 0.05) is 0 Å². The van der Waals surface area contributed by atoms with Crippen LogP contribution in [0.5, 0.6) is 0 Å². The lowest BCUT2D eigenvalue weighted by Gasteiger charge is -2.04. The van der Waals surface area contributed by atoms with Crippen LogP contribution in [-0.4, -0.2) is 15.1 Å². The highest BCUT2D eigenvalue weighted by Gasteiger charge is 2.29. The minimum absolute atomic E-state index is 0.366. The summed E-state index contributed by atoms with van der Waals surface area (Å²) in [6.07, 6.45) is -3.30. The summed E-state index contributed by atoms with van der Waals surface area (Å²) in [5.41, 5.74) is -4.34. The minimum Gasteiger partial charge on any atom is -0.318 e. The van der Waals surface area contributed by atoms with E-state index in [-0.39, 0.29) is 0 Å². The Labute approximate surface area is 91.0 Å². The molecule has 1 heterocycles. The molecule has 0 bridgehead atoms. The van der Waals surface area contributed by atoms with E-state index >= 15 is 0 Å². The van der Waals surface area contributed by atoms with Crippen LogP contribution in [0.15, 0.2) is 10.9 Å². The molecule has 0 saturated heterocycles. The first-order chi connectivity index (χ1) is 7.34. The van der Waals surface area contributed by atoms with Crippen LogP contribution in [0.2, 0.25) is 0 Å². The normalized spacial score (nSPS) is 10.5. The highest BCUT2D eigenvalue weighted by molar-refractivity contribution is 6.67. The number of aromatic amines is 1. The Kier molecular flexibility index (Phi) is 3.33. The van der Waals surface area contributed by atoms with Crippen LogP contribution >= 0.6 is 11.6 Å². The summed E-state index contributed by atoms with van der Waals surface area (Å²) in [5.74, 6) is 0. The average molecular weight is 253 g/mol. The highest BCUT2D eigenvalue weighted by atomic mass is 35.5. The van der Waals surface area contributed by atoms with Gasteiger partial charge in [0.25, 0.3) is 22.9 Å². The molecule has 0 aliphatic rings. The zero-order chi connectivity index (χ0) is 12.5. The van der Waals surface area contributed by atoms with Crippen LogP contribution in [0.1, 0.15) is 22.5 Å². The molecule has 16 heavy (non-hydrogen) atoms. The first-order valence-corrected chi connectivity index (χ1v) is 4.12. The molecule has 9 heteroatoms. The number of rotatable bonds is 3. The smallest absolute Gasteiger partial charge is 0.286 e. The number of hydrogen-bond donors (Lipinski definition) is 1. The first-order valence-electron chi connectivity index (χ1n) is 3.74. The van der Waals surface area contributed by atoms with Gasteiger partial charge in [-0.05, 0) is 11.6 Å². The van der Waals surface area contributed by atoms with E-state index < -0.39 is 39.1 Å². The van der Waals surface area contributed by atoms with E-state index in [1.807, 2.05) is 0 Å². The van der Waals surface area contributed by atoms with Crippen LogP contribution in [0, 0.1) is 10.1 Å². The van der Waals surface area contributed by atoms with Crippen LogP contribution in [0.25, 0.3) is 0 Å². The monoisotopic (exact) mass is 252 g/mol. The molecule has 0 fully saturated rings. The standard InChI is InChI=1S/C7H3ClF2N2O4/c8-6(14)5-4(7(9)10)2(12(15)16)1-3(13)11-5/h1,7H,(H,11,13). The van der Waals surface area contributed by atoms with Crippen LogP contribution in [-0.2, 0) is 0 Å². The molecule has 0 amide bonds. The number of carbonyl (C=O) groups is 1. The molecule has 0 aromatic carbocycles. The van der Waals surface area contributed by atoms with Gasteiger partial charge in [0.2, 0.25) is 0 Å². The molecule has 1 N–H and O–H groups in total. The predicted octanol–water partition coefficient (Wildman–Crippen LogP) is 1.60. The van der Waals surface area contributed by atoms with Gasteiger partial charge in [0.05, 0.1) is 11.0 Å².